The molecule has 5 rings (SSSR count). The van der Waals surface area contributed by atoms with Crippen molar-refractivity contribution in [1.82, 2.24) is 30.0 Å². The second-order valence-electron chi connectivity index (χ2n) is 7.64. The number of thioether (sulfide) groups is 1. The Morgan fingerprint density at radius 1 is 1.12 bits per heavy atom. The van der Waals surface area contributed by atoms with Crippen LogP contribution < -0.4 is 5.32 Å². The lowest BCUT2D eigenvalue weighted by Crippen LogP contribution is -2.19. The zero-order valence-corrected chi connectivity index (χ0v) is 18.7. The lowest BCUT2D eigenvalue weighted by Gasteiger charge is -2.10. The van der Waals surface area contributed by atoms with Crippen LogP contribution >= 0.6 is 11.8 Å². The summed E-state index contributed by atoms with van der Waals surface area (Å²) in [6.45, 7) is 1.37. The number of carbonyl (C=O) groups excluding carboxylic acids is 1. The highest BCUT2D eigenvalue weighted by molar-refractivity contribution is 7.99. The number of ether oxygens (including phenoxy) is 1. The number of benzene rings is 2. The molecule has 10 heteroatoms. The van der Waals surface area contributed by atoms with Crippen LogP contribution in [0.3, 0.4) is 0 Å². The van der Waals surface area contributed by atoms with Crippen molar-refractivity contribution in [2.45, 2.75) is 30.6 Å². The molecule has 0 unspecified atom stereocenters. The summed E-state index contributed by atoms with van der Waals surface area (Å²) < 4.78 is 9.11. The van der Waals surface area contributed by atoms with Crippen LogP contribution in [0.25, 0.3) is 16.9 Å². The zero-order valence-electron chi connectivity index (χ0n) is 17.9. The third-order valence-electron chi connectivity index (χ3n) is 5.28. The first kappa shape index (κ1) is 21.4. The minimum Gasteiger partial charge on any atom is -0.376 e. The molecule has 1 aliphatic rings. The number of amides is 1. The number of hydrogen-bond acceptors (Lipinski definition) is 7. The maximum absolute atomic E-state index is 12.8. The lowest BCUT2D eigenvalue weighted by atomic mass is 10.2. The summed E-state index contributed by atoms with van der Waals surface area (Å²) in [4.78, 5) is 12.8. The Balaban J connectivity index is 1.30. The van der Waals surface area contributed by atoms with Crippen molar-refractivity contribution in [3.8, 4) is 16.9 Å². The first-order valence-electron chi connectivity index (χ1n) is 10.8. The van der Waals surface area contributed by atoms with Crippen LogP contribution in [-0.4, -0.2) is 54.4 Å². The van der Waals surface area contributed by atoms with Crippen LogP contribution in [0.5, 0.6) is 0 Å². The second kappa shape index (κ2) is 9.97. The van der Waals surface area contributed by atoms with E-state index in [1.807, 2.05) is 66.7 Å². The molecule has 168 valence electrons. The molecule has 33 heavy (non-hydrogen) atoms. The average molecular weight is 462 g/mol. The van der Waals surface area contributed by atoms with Gasteiger partial charge in [-0.2, -0.15) is 5.10 Å². The Hall–Kier alpha value is -3.50. The van der Waals surface area contributed by atoms with Crippen LogP contribution in [0.15, 0.2) is 71.9 Å². The number of aromatic nitrogens is 6. The fourth-order valence-electron chi connectivity index (χ4n) is 3.69. The fraction of sp³-hybridized carbons (Fsp3) is 0.261. The third-order valence-corrected chi connectivity index (χ3v) is 6.24. The van der Waals surface area contributed by atoms with Gasteiger partial charge < -0.3 is 10.1 Å². The molecule has 0 aliphatic carbocycles. The van der Waals surface area contributed by atoms with Crippen molar-refractivity contribution in [3.63, 3.8) is 0 Å². The fourth-order valence-corrected chi connectivity index (χ4v) is 4.38. The number of hydrogen-bond donors (Lipinski definition) is 1. The van der Waals surface area contributed by atoms with Gasteiger partial charge in [-0.1, -0.05) is 60.3 Å². The number of nitrogens with one attached hydrogen (secondary N) is 1. The van der Waals surface area contributed by atoms with Crippen LogP contribution in [0, 0.1) is 0 Å². The molecular formula is C23H23N7O2S. The maximum atomic E-state index is 12.8. The molecule has 1 aliphatic heterocycles. The molecule has 1 amide bonds. The number of tetrazole rings is 1. The predicted octanol–water partition coefficient (Wildman–Crippen LogP) is 3.44. The molecule has 3 heterocycles. The van der Waals surface area contributed by atoms with E-state index in [9.17, 15) is 4.79 Å². The van der Waals surface area contributed by atoms with E-state index in [0.717, 1.165) is 36.4 Å². The van der Waals surface area contributed by atoms with Crippen LogP contribution in [0.4, 0.5) is 5.82 Å². The minimum absolute atomic E-state index is 0.123. The number of nitrogens with zero attached hydrogens (tertiary/aromatic N) is 6. The van der Waals surface area contributed by atoms with E-state index in [0.29, 0.717) is 17.5 Å². The first-order chi connectivity index (χ1) is 16.3. The van der Waals surface area contributed by atoms with Crippen molar-refractivity contribution < 1.29 is 9.53 Å². The van der Waals surface area contributed by atoms with Gasteiger partial charge in [0.25, 0.3) is 0 Å². The molecule has 9 nitrogen and oxygen atoms in total. The first-order valence-corrected chi connectivity index (χ1v) is 11.8. The van der Waals surface area contributed by atoms with E-state index in [1.165, 1.54) is 11.8 Å². The average Bonchev–Trinajstić information content (AvgIpc) is 3.61. The van der Waals surface area contributed by atoms with Gasteiger partial charge in [0.2, 0.25) is 11.1 Å². The molecule has 0 saturated carbocycles. The summed E-state index contributed by atoms with van der Waals surface area (Å²) in [5, 5.41) is 20.2. The summed E-state index contributed by atoms with van der Waals surface area (Å²) in [6.07, 6.45) is 2.17. The van der Waals surface area contributed by atoms with Gasteiger partial charge in [-0.3, -0.25) is 4.79 Å². The molecule has 4 aromatic rings. The second-order valence-corrected chi connectivity index (χ2v) is 8.59. The quantitative estimate of drug-likeness (QED) is 0.401. The van der Waals surface area contributed by atoms with E-state index >= 15 is 0 Å². The maximum Gasteiger partial charge on any atom is 0.236 e. The highest BCUT2D eigenvalue weighted by Crippen LogP contribution is 2.25. The van der Waals surface area contributed by atoms with Gasteiger partial charge in [-0.15, -0.1) is 5.10 Å². The Morgan fingerprint density at radius 3 is 2.67 bits per heavy atom. The highest BCUT2D eigenvalue weighted by atomic mass is 32.2. The van der Waals surface area contributed by atoms with Gasteiger partial charge in [-0.25, -0.2) is 9.36 Å². The van der Waals surface area contributed by atoms with Crippen LogP contribution in [-0.2, 0) is 16.1 Å². The van der Waals surface area contributed by atoms with Crippen LogP contribution in [0.2, 0.25) is 0 Å². The molecule has 2 aromatic heterocycles. The van der Waals surface area contributed by atoms with E-state index in [-0.39, 0.29) is 17.8 Å². The van der Waals surface area contributed by atoms with Crippen molar-refractivity contribution in [1.29, 1.82) is 0 Å². The SMILES string of the molecule is O=C(CSc1nnnn1C[C@@H]1CCCO1)Nc1cc(-c2ccccc2)nn1-c1ccccc1. The number of para-hydroxylation sites is 1. The van der Waals surface area contributed by atoms with Crippen LogP contribution in [0.1, 0.15) is 12.8 Å². The molecule has 1 atom stereocenters. The number of rotatable bonds is 8. The summed E-state index contributed by atoms with van der Waals surface area (Å²) in [5.74, 6) is 0.611. The monoisotopic (exact) mass is 461 g/mol. The summed E-state index contributed by atoms with van der Waals surface area (Å²) in [5.41, 5.74) is 2.62. The molecule has 2 aromatic carbocycles. The molecule has 1 saturated heterocycles. The Labute approximate surface area is 195 Å². The molecule has 1 fully saturated rings. The zero-order chi connectivity index (χ0) is 22.5. The molecule has 0 bridgehead atoms. The Kier molecular flexibility index (Phi) is 6.45. The Bertz CT molecular complexity index is 1200. The summed E-state index contributed by atoms with van der Waals surface area (Å²) in [7, 11) is 0. The molecule has 0 spiro atoms. The van der Waals surface area contributed by atoms with Gasteiger partial charge in [0.05, 0.1) is 29.8 Å². The molecule has 0 radical (unpaired) electrons. The Morgan fingerprint density at radius 2 is 1.91 bits per heavy atom. The third kappa shape index (κ3) is 5.12. The van der Waals surface area contributed by atoms with Gasteiger partial charge in [0, 0.05) is 18.2 Å². The van der Waals surface area contributed by atoms with Gasteiger partial charge in [-0.05, 0) is 35.4 Å². The summed E-state index contributed by atoms with van der Waals surface area (Å²) in [6, 6.07) is 21.5. The van der Waals surface area contributed by atoms with Crippen molar-refractivity contribution >= 4 is 23.5 Å². The van der Waals surface area contributed by atoms with Gasteiger partial charge >= 0.3 is 0 Å². The molecular weight excluding hydrogens is 438 g/mol. The normalized spacial score (nSPS) is 15.6. The van der Waals surface area contributed by atoms with E-state index in [1.54, 1.807) is 9.36 Å². The molecule has 1 N–H and O–H groups in total. The van der Waals surface area contributed by atoms with E-state index in [4.69, 9.17) is 9.84 Å². The van der Waals surface area contributed by atoms with Crippen molar-refractivity contribution in [3.05, 3.63) is 66.7 Å². The van der Waals surface area contributed by atoms with E-state index < -0.39 is 0 Å². The smallest absolute Gasteiger partial charge is 0.236 e. The number of carbonyl (C=O) groups is 1. The van der Waals surface area contributed by atoms with Crippen molar-refractivity contribution in [2.24, 2.45) is 0 Å². The van der Waals surface area contributed by atoms with E-state index in [2.05, 4.69) is 20.8 Å². The summed E-state index contributed by atoms with van der Waals surface area (Å²) >= 11 is 1.30. The largest absolute Gasteiger partial charge is 0.376 e. The van der Waals surface area contributed by atoms with Crippen molar-refractivity contribution in [2.75, 3.05) is 17.7 Å². The topological polar surface area (TPSA) is 99.8 Å². The minimum atomic E-state index is -0.164. The van der Waals surface area contributed by atoms with Gasteiger partial charge in [0.15, 0.2) is 0 Å². The predicted molar refractivity (Wildman–Crippen MR) is 125 cm³/mol. The lowest BCUT2D eigenvalue weighted by molar-refractivity contribution is -0.113. The van der Waals surface area contributed by atoms with Gasteiger partial charge in [0.1, 0.15) is 5.82 Å². The standard InChI is InChI=1S/C23H23N7O2S/c31-22(16-33-23-25-27-28-29(23)15-19-12-7-13-32-19)24-21-14-20(17-8-3-1-4-9-17)26-30(21)18-10-5-2-6-11-18/h1-6,8-11,14,19H,7,12-13,15-16H2,(H,24,31)/t19-/m0/s1. The number of anilines is 1. The highest BCUT2D eigenvalue weighted by Gasteiger charge is 2.20.